The molecule has 130 valence electrons. The molecule has 0 spiro atoms. The van der Waals surface area contributed by atoms with Gasteiger partial charge < -0.3 is 9.67 Å². The zero-order valence-electron chi connectivity index (χ0n) is 14.3. The van der Waals surface area contributed by atoms with Gasteiger partial charge >= 0.3 is 0 Å². The van der Waals surface area contributed by atoms with E-state index in [4.69, 9.17) is 12.2 Å². The van der Waals surface area contributed by atoms with E-state index >= 15 is 0 Å². The largest absolute Gasteiger partial charge is 0.388 e. The summed E-state index contributed by atoms with van der Waals surface area (Å²) >= 11 is 5.60. The lowest BCUT2D eigenvalue weighted by Crippen LogP contribution is -2.38. The predicted octanol–water partition coefficient (Wildman–Crippen LogP) is 3.32. The first-order valence-electron chi connectivity index (χ1n) is 9.26. The highest BCUT2D eigenvalue weighted by molar-refractivity contribution is 7.71. The molecule has 6 heteroatoms. The van der Waals surface area contributed by atoms with E-state index in [0.717, 1.165) is 36.9 Å². The minimum absolute atomic E-state index is 0.0390. The van der Waals surface area contributed by atoms with Crippen LogP contribution in [-0.4, -0.2) is 36.9 Å². The maximum absolute atomic E-state index is 9.54. The second kappa shape index (κ2) is 7.90. The molecule has 1 saturated carbocycles. The summed E-state index contributed by atoms with van der Waals surface area (Å²) < 4.78 is 4.67. The molecule has 0 aromatic carbocycles. The maximum Gasteiger partial charge on any atom is 0.199 e. The van der Waals surface area contributed by atoms with E-state index in [0.29, 0.717) is 11.9 Å². The zero-order valence-corrected chi connectivity index (χ0v) is 15.1. The quantitative estimate of drug-likeness (QED) is 0.808. The highest BCUT2D eigenvalue weighted by Crippen LogP contribution is 2.34. The third kappa shape index (κ3) is 3.69. The van der Waals surface area contributed by atoms with E-state index in [2.05, 4.69) is 16.9 Å². The van der Waals surface area contributed by atoms with E-state index in [1.165, 1.54) is 44.9 Å². The van der Waals surface area contributed by atoms with Gasteiger partial charge in [0, 0.05) is 19.1 Å². The van der Waals surface area contributed by atoms with E-state index in [-0.39, 0.29) is 6.61 Å². The van der Waals surface area contributed by atoms with E-state index in [1.54, 1.807) is 0 Å². The molecular formula is C17H30N4OS. The van der Waals surface area contributed by atoms with Crippen molar-refractivity contribution in [3.63, 3.8) is 0 Å². The Hall–Kier alpha value is -0.720. The molecule has 0 amide bonds. The van der Waals surface area contributed by atoms with Crippen LogP contribution in [0, 0.1) is 10.7 Å². The second-order valence-electron chi connectivity index (χ2n) is 7.07. The number of nitrogens with zero attached hydrogens (tertiary/aromatic N) is 4. The molecule has 1 aromatic rings. The van der Waals surface area contributed by atoms with Crippen LogP contribution < -0.4 is 0 Å². The molecule has 1 saturated heterocycles. The summed E-state index contributed by atoms with van der Waals surface area (Å²) in [6.07, 6.45) is 10.6. The predicted molar refractivity (Wildman–Crippen MR) is 93.6 cm³/mol. The lowest BCUT2D eigenvalue weighted by atomic mass is 9.83. The minimum Gasteiger partial charge on any atom is -0.388 e. The summed E-state index contributed by atoms with van der Waals surface area (Å²) in [4.78, 5) is 2.58. The van der Waals surface area contributed by atoms with Crippen LogP contribution in [0.2, 0.25) is 0 Å². The number of aliphatic hydroxyl groups is 1. The number of rotatable bonds is 6. The monoisotopic (exact) mass is 338 g/mol. The van der Waals surface area contributed by atoms with Crippen LogP contribution in [0.1, 0.15) is 64.1 Å². The highest BCUT2D eigenvalue weighted by Gasteiger charge is 2.32. The number of hydrogen-bond acceptors (Lipinski definition) is 4. The molecule has 1 aliphatic carbocycles. The smallest absolute Gasteiger partial charge is 0.199 e. The van der Waals surface area contributed by atoms with Gasteiger partial charge in [-0.25, -0.2) is 4.68 Å². The van der Waals surface area contributed by atoms with Crippen LogP contribution in [0.25, 0.3) is 0 Å². The van der Waals surface area contributed by atoms with Crippen LogP contribution in [0.5, 0.6) is 0 Å². The van der Waals surface area contributed by atoms with Gasteiger partial charge in [0.2, 0.25) is 0 Å². The number of likely N-dealkylation sites (tertiary alicyclic amines) is 1. The Labute approximate surface area is 144 Å². The van der Waals surface area contributed by atoms with Gasteiger partial charge in [0.25, 0.3) is 0 Å². The molecule has 0 radical (unpaired) electrons. The van der Waals surface area contributed by atoms with Crippen LogP contribution >= 0.6 is 12.2 Å². The first kappa shape index (κ1) is 17.1. The lowest BCUT2D eigenvalue weighted by molar-refractivity contribution is 0.119. The summed E-state index contributed by atoms with van der Waals surface area (Å²) in [6, 6.07) is 0.700. The Kier molecular flexibility index (Phi) is 5.88. The highest BCUT2D eigenvalue weighted by atomic mass is 32.1. The average Bonchev–Trinajstić information content (AvgIpc) is 3.16. The zero-order chi connectivity index (χ0) is 16.2. The number of aliphatic hydroxyl groups excluding tert-OH is 1. The molecule has 1 aromatic heterocycles. The van der Waals surface area contributed by atoms with Crippen molar-refractivity contribution in [2.75, 3.05) is 6.54 Å². The molecule has 1 N–H and O–H groups in total. The van der Waals surface area contributed by atoms with Crippen LogP contribution in [0.15, 0.2) is 0 Å². The Bertz CT molecular complexity index is 561. The molecule has 1 atom stereocenters. The van der Waals surface area contributed by atoms with Crippen molar-refractivity contribution in [3.05, 3.63) is 10.6 Å². The van der Waals surface area contributed by atoms with Gasteiger partial charge in [-0.3, -0.25) is 4.90 Å². The van der Waals surface area contributed by atoms with Crippen molar-refractivity contribution < 1.29 is 5.11 Å². The second-order valence-corrected chi connectivity index (χ2v) is 7.43. The minimum atomic E-state index is -0.0390. The third-order valence-electron chi connectivity index (χ3n) is 5.51. The topological polar surface area (TPSA) is 46.2 Å². The van der Waals surface area contributed by atoms with Gasteiger partial charge in [0.1, 0.15) is 6.61 Å². The molecule has 5 nitrogen and oxygen atoms in total. The fraction of sp³-hybridized carbons (Fsp3) is 0.882. The summed E-state index contributed by atoms with van der Waals surface area (Å²) in [5.74, 6) is 1.56. The Morgan fingerprint density at radius 2 is 1.96 bits per heavy atom. The van der Waals surface area contributed by atoms with Gasteiger partial charge in [-0.15, -0.1) is 0 Å². The van der Waals surface area contributed by atoms with Crippen molar-refractivity contribution >= 4 is 12.2 Å². The summed E-state index contributed by atoms with van der Waals surface area (Å²) in [6.45, 7) is 4.85. The molecule has 2 aliphatic rings. The van der Waals surface area contributed by atoms with E-state index in [9.17, 15) is 5.11 Å². The van der Waals surface area contributed by atoms with Gasteiger partial charge in [-0.2, -0.15) is 5.10 Å². The van der Waals surface area contributed by atoms with Gasteiger partial charge in [0.15, 0.2) is 10.6 Å². The Morgan fingerprint density at radius 1 is 1.17 bits per heavy atom. The Morgan fingerprint density at radius 3 is 2.65 bits per heavy atom. The normalized spacial score (nSPS) is 23.7. The van der Waals surface area contributed by atoms with Crippen molar-refractivity contribution in [1.82, 2.24) is 19.2 Å². The van der Waals surface area contributed by atoms with Gasteiger partial charge in [0.05, 0.1) is 6.67 Å². The number of aromatic nitrogens is 3. The van der Waals surface area contributed by atoms with E-state index in [1.807, 2.05) is 9.25 Å². The molecule has 2 fully saturated rings. The first-order valence-corrected chi connectivity index (χ1v) is 9.66. The molecule has 1 unspecified atom stereocenters. The van der Waals surface area contributed by atoms with Gasteiger partial charge in [-0.05, 0) is 50.2 Å². The van der Waals surface area contributed by atoms with Crippen LogP contribution in [-0.2, 0) is 19.8 Å². The van der Waals surface area contributed by atoms with E-state index < -0.39 is 0 Å². The maximum atomic E-state index is 9.54. The molecule has 2 heterocycles. The number of hydrogen-bond donors (Lipinski definition) is 1. The SMILES string of the molecule is CCCn1c(CO)nn(CN2CCCC2C2CCCCC2)c1=S. The molecule has 0 bridgehead atoms. The first-order chi connectivity index (χ1) is 11.2. The summed E-state index contributed by atoms with van der Waals surface area (Å²) in [5, 5.41) is 14.1. The third-order valence-corrected chi connectivity index (χ3v) is 5.94. The summed E-state index contributed by atoms with van der Waals surface area (Å²) in [7, 11) is 0. The van der Waals surface area contributed by atoms with Crippen LogP contribution in [0.3, 0.4) is 0 Å². The van der Waals surface area contributed by atoms with Crippen LogP contribution in [0.4, 0.5) is 0 Å². The molecule has 23 heavy (non-hydrogen) atoms. The van der Waals surface area contributed by atoms with Crippen molar-refractivity contribution in [2.45, 2.75) is 84.2 Å². The van der Waals surface area contributed by atoms with Gasteiger partial charge in [-0.1, -0.05) is 26.2 Å². The Balaban J connectivity index is 1.74. The standard InChI is InChI=1S/C17H30N4OS/c1-2-10-20-16(12-22)18-21(17(20)23)13-19-11-6-9-15(19)14-7-4-3-5-8-14/h14-15,22H,2-13H2,1H3. The van der Waals surface area contributed by atoms with Crippen molar-refractivity contribution in [1.29, 1.82) is 0 Å². The summed E-state index contributed by atoms with van der Waals surface area (Å²) in [5.41, 5.74) is 0. The molecule has 3 rings (SSSR count). The lowest BCUT2D eigenvalue weighted by Gasteiger charge is -2.33. The molecule has 1 aliphatic heterocycles. The van der Waals surface area contributed by atoms with Crippen molar-refractivity contribution in [3.8, 4) is 0 Å². The van der Waals surface area contributed by atoms with Crippen molar-refractivity contribution in [2.24, 2.45) is 5.92 Å². The average molecular weight is 339 g/mol. The fourth-order valence-electron chi connectivity index (χ4n) is 4.40. The fourth-order valence-corrected chi connectivity index (χ4v) is 4.69. The molecular weight excluding hydrogens is 308 g/mol.